The van der Waals surface area contributed by atoms with Gasteiger partial charge in [0.25, 0.3) is 0 Å². The Morgan fingerprint density at radius 3 is 2.40 bits per heavy atom. The molecule has 30 heavy (non-hydrogen) atoms. The molecule has 9 heteroatoms. The fraction of sp³-hybridized carbons (Fsp3) is 0.143. The molecule has 2 aromatic carbocycles. The number of aromatic nitrogens is 2. The number of thiocarbonyl (C=S) groups is 1. The van der Waals surface area contributed by atoms with E-state index in [1.54, 1.807) is 0 Å². The standard InChI is InChI=1S/C21H20ClFN6S/c1-13-10-14(2)26-20(25-13)28-19(24-12-15-6-4-3-5-7-15)29-21(30)27-16-8-9-18(23)17(22)11-16/h3-11H,12H2,1-2H3,(H3,24,25,26,27,28,29,30). The quantitative estimate of drug-likeness (QED) is 0.305. The molecule has 3 aromatic rings. The smallest absolute Gasteiger partial charge is 0.229 e. The zero-order chi connectivity index (χ0) is 21.5. The van der Waals surface area contributed by atoms with Gasteiger partial charge in [0.05, 0.1) is 11.6 Å². The predicted molar refractivity (Wildman–Crippen MR) is 123 cm³/mol. The number of nitrogens with one attached hydrogen (secondary N) is 3. The van der Waals surface area contributed by atoms with Crippen molar-refractivity contribution >= 4 is 46.5 Å². The van der Waals surface area contributed by atoms with Gasteiger partial charge in [-0.2, -0.15) is 0 Å². The van der Waals surface area contributed by atoms with Crippen LogP contribution in [-0.4, -0.2) is 21.0 Å². The highest BCUT2D eigenvalue weighted by atomic mass is 35.5. The molecule has 0 unspecified atom stereocenters. The van der Waals surface area contributed by atoms with Crippen LogP contribution >= 0.6 is 23.8 Å². The average molecular weight is 443 g/mol. The molecule has 0 spiro atoms. The van der Waals surface area contributed by atoms with E-state index in [-0.39, 0.29) is 10.1 Å². The zero-order valence-corrected chi connectivity index (χ0v) is 18.0. The van der Waals surface area contributed by atoms with E-state index in [0.29, 0.717) is 24.1 Å². The molecule has 0 fully saturated rings. The summed E-state index contributed by atoms with van der Waals surface area (Å²) in [6, 6.07) is 15.9. The maximum Gasteiger partial charge on any atom is 0.229 e. The minimum Gasteiger partial charge on any atom is -0.332 e. The van der Waals surface area contributed by atoms with E-state index in [9.17, 15) is 4.39 Å². The molecule has 0 radical (unpaired) electrons. The zero-order valence-electron chi connectivity index (χ0n) is 16.4. The van der Waals surface area contributed by atoms with Crippen LogP contribution in [0.2, 0.25) is 5.02 Å². The molecular weight excluding hydrogens is 423 g/mol. The van der Waals surface area contributed by atoms with Crippen molar-refractivity contribution in [2.24, 2.45) is 4.99 Å². The van der Waals surface area contributed by atoms with Crippen molar-refractivity contribution in [3.05, 3.63) is 82.4 Å². The molecule has 0 saturated carbocycles. The molecule has 0 amide bonds. The minimum atomic E-state index is -0.500. The first-order valence-electron chi connectivity index (χ1n) is 9.10. The van der Waals surface area contributed by atoms with Crippen molar-refractivity contribution in [1.29, 1.82) is 0 Å². The SMILES string of the molecule is Cc1cc(C)nc(NC(=NCc2ccccc2)NC(=S)Nc2ccc(F)c(Cl)c2)n1. The van der Waals surface area contributed by atoms with Crippen molar-refractivity contribution in [3.8, 4) is 0 Å². The molecule has 3 rings (SSSR count). The second-order valence-corrected chi connectivity index (χ2v) is 7.27. The number of aliphatic imine (C=N–C) groups is 1. The molecular formula is C21H20ClFN6S. The number of hydrogen-bond donors (Lipinski definition) is 3. The largest absolute Gasteiger partial charge is 0.332 e. The van der Waals surface area contributed by atoms with Crippen LogP contribution in [0.4, 0.5) is 16.0 Å². The van der Waals surface area contributed by atoms with Crippen molar-refractivity contribution in [3.63, 3.8) is 0 Å². The van der Waals surface area contributed by atoms with Crippen LogP contribution in [0.15, 0.2) is 59.6 Å². The van der Waals surface area contributed by atoms with E-state index in [2.05, 4.69) is 30.9 Å². The average Bonchev–Trinajstić information content (AvgIpc) is 2.69. The number of rotatable bonds is 4. The molecule has 0 aliphatic rings. The summed E-state index contributed by atoms with van der Waals surface area (Å²) in [5.74, 6) is 0.272. The lowest BCUT2D eigenvalue weighted by Gasteiger charge is -2.14. The normalized spacial score (nSPS) is 11.1. The highest BCUT2D eigenvalue weighted by Crippen LogP contribution is 2.19. The molecule has 154 valence electrons. The number of halogens is 2. The van der Waals surface area contributed by atoms with Crippen LogP contribution in [-0.2, 0) is 6.54 Å². The molecule has 0 saturated heterocycles. The summed E-state index contributed by atoms with van der Waals surface area (Å²) in [4.78, 5) is 13.3. The third-order valence-electron chi connectivity index (χ3n) is 3.88. The van der Waals surface area contributed by atoms with Gasteiger partial charge in [-0.15, -0.1) is 0 Å². The summed E-state index contributed by atoms with van der Waals surface area (Å²) in [7, 11) is 0. The number of hydrogen-bond acceptors (Lipinski definition) is 4. The lowest BCUT2D eigenvalue weighted by atomic mass is 10.2. The van der Waals surface area contributed by atoms with E-state index in [1.165, 1.54) is 18.2 Å². The topological polar surface area (TPSA) is 74.2 Å². The second kappa shape index (κ2) is 10.1. The molecule has 0 aliphatic carbocycles. The van der Waals surface area contributed by atoms with Gasteiger partial charge in [0.15, 0.2) is 5.11 Å². The third kappa shape index (κ3) is 6.47. The maximum absolute atomic E-state index is 13.4. The first-order chi connectivity index (χ1) is 14.4. The van der Waals surface area contributed by atoms with Gasteiger partial charge in [0.1, 0.15) is 5.82 Å². The first kappa shape index (κ1) is 21.6. The van der Waals surface area contributed by atoms with Crippen LogP contribution in [0.5, 0.6) is 0 Å². The summed E-state index contributed by atoms with van der Waals surface area (Å²) >= 11 is 11.2. The summed E-state index contributed by atoms with van der Waals surface area (Å²) in [6.45, 7) is 4.20. The Morgan fingerprint density at radius 1 is 1.03 bits per heavy atom. The number of aryl methyl sites for hydroxylation is 2. The van der Waals surface area contributed by atoms with Gasteiger partial charge in [0.2, 0.25) is 11.9 Å². The van der Waals surface area contributed by atoms with Gasteiger partial charge in [-0.05, 0) is 55.9 Å². The molecule has 0 bridgehead atoms. The number of nitrogens with zero attached hydrogens (tertiary/aromatic N) is 3. The van der Waals surface area contributed by atoms with E-state index in [0.717, 1.165) is 17.0 Å². The molecule has 0 aliphatic heterocycles. The number of benzene rings is 2. The summed E-state index contributed by atoms with van der Waals surface area (Å²) in [5, 5.41) is 9.28. The summed E-state index contributed by atoms with van der Waals surface area (Å²) in [6.07, 6.45) is 0. The van der Waals surface area contributed by atoms with Gasteiger partial charge in [-0.3, -0.25) is 5.32 Å². The van der Waals surface area contributed by atoms with Crippen LogP contribution in [0.25, 0.3) is 0 Å². The summed E-state index contributed by atoms with van der Waals surface area (Å²) in [5.41, 5.74) is 3.23. The van der Waals surface area contributed by atoms with E-state index in [1.807, 2.05) is 50.2 Å². The van der Waals surface area contributed by atoms with Gasteiger partial charge < -0.3 is 10.6 Å². The Hall–Kier alpha value is -3.10. The maximum atomic E-state index is 13.4. The predicted octanol–water partition coefficient (Wildman–Crippen LogP) is 4.84. The van der Waals surface area contributed by atoms with E-state index >= 15 is 0 Å². The lowest BCUT2D eigenvalue weighted by molar-refractivity contribution is 0.628. The van der Waals surface area contributed by atoms with E-state index in [4.69, 9.17) is 23.8 Å². The lowest BCUT2D eigenvalue weighted by Crippen LogP contribution is -2.39. The Labute approximate surface area is 184 Å². The molecule has 6 nitrogen and oxygen atoms in total. The van der Waals surface area contributed by atoms with Gasteiger partial charge >= 0.3 is 0 Å². The number of anilines is 2. The third-order valence-corrected chi connectivity index (χ3v) is 4.38. The molecule has 0 atom stereocenters. The Morgan fingerprint density at radius 2 is 1.73 bits per heavy atom. The van der Waals surface area contributed by atoms with Crippen LogP contribution in [0.3, 0.4) is 0 Å². The van der Waals surface area contributed by atoms with Crippen molar-refractivity contribution < 1.29 is 4.39 Å². The van der Waals surface area contributed by atoms with Crippen molar-refractivity contribution in [2.45, 2.75) is 20.4 Å². The summed E-state index contributed by atoms with van der Waals surface area (Å²) < 4.78 is 13.4. The number of guanidine groups is 1. The fourth-order valence-corrected chi connectivity index (χ4v) is 2.99. The minimum absolute atomic E-state index is 0.00234. The van der Waals surface area contributed by atoms with Crippen LogP contribution < -0.4 is 16.0 Å². The fourth-order valence-electron chi connectivity index (χ4n) is 2.60. The highest BCUT2D eigenvalue weighted by molar-refractivity contribution is 7.80. The van der Waals surface area contributed by atoms with Gasteiger partial charge in [-0.1, -0.05) is 41.9 Å². The molecule has 1 heterocycles. The Bertz CT molecular complexity index is 1050. The molecule has 3 N–H and O–H groups in total. The highest BCUT2D eigenvalue weighted by Gasteiger charge is 2.08. The monoisotopic (exact) mass is 442 g/mol. The van der Waals surface area contributed by atoms with E-state index < -0.39 is 5.82 Å². The van der Waals surface area contributed by atoms with Crippen LogP contribution in [0, 0.1) is 19.7 Å². The van der Waals surface area contributed by atoms with Gasteiger partial charge in [-0.25, -0.2) is 19.4 Å². The van der Waals surface area contributed by atoms with Crippen molar-refractivity contribution in [2.75, 3.05) is 10.6 Å². The first-order valence-corrected chi connectivity index (χ1v) is 9.88. The molecule has 1 aromatic heterocycles. The Balaban J connectivity index is 1.77. The van der Waals surface area contributed by atoms with Crippen LogP contribution in [0.1, 0.15) is 17.0 Å². The van der Waals surface area contributed by atoms with Crippen molar-refractivity contribution in [1.82, 2.24) is 15.3 Å². The Kier molecular flexibility index (Phi) is 7.26. The van der Waals surface area contributed by atoms with Gasteiger partial charge in [0, 0.05) is 17.1 Å². The second-order valence-electron chi connectivity index (χ2n) is 6.46.